The van der Waals surface area contributed by atoms with Crippen LogP contribution < -0.4 is 15.8 Å². The Morgan fingerprint density at radius 3 is 2.36 bits per heavy atom. The Morgan fingerprint density at radius 2 is 1.77 bits per heavy atom. The summed E-state index contributed by atoms with van der Waals surface area (Å²) in [4.78, 5) is 36.9. The van der Waals surface area contributed by atoms with Crippen LogP contribution in [0.5, 0.6) is 5.75 Å². The molecule has 2 aliphatic rings. The number of aldehydes is 1. The minimum atomic E-state index is -4.10. The number of nitrogens with one attached hydrogen (secondary N) is 1. The molecule has 2 aromatic rings. The number of aromatic amines is 1. The molecule has 12 heteroatoms. The lowest BCUT2D eigenvalue weighted by atomic mass is 9.78. The molecule has 10 nitrogen and oxygen atoms in total. The van der Waals surface area contributed by atoms with Gasteiger partial charge < -0.3 is 9.26 Å². The normalized spacial score (nSPS) is 22.9. The van der Waals surface area contributed by atoms with Crippen molar-refractivity contribution in [1.29, 1.82) is 0 Å². The molecule has 0 saturated carbocycles. The maximum Gasteiger partial charge on any atom is 0.530 e. The van der Waals surface area contributed by atoms with Gasteiger partial charge in [-0.3, -0.25) is 28.2 Å². The molecule has 0 aliphatic carbocycles. The van der Waals surface area contributed by atoms with Crippen molar-refractivity contribution in [2.45, 2.75) is 98.0 Å². The van der Waals surface area contributed by atoms with Gasteiger partial charge in [-0.15, -0.1) is 0 Å². The number of nitrogens with zero attached hydrogens (tertiary/aromatic N) is 1. The van der Waals surface area contributed by atoms with E-state index in [0.717, 1.165) is 10.8 Å². The van der Waals surface area contributed by atoms with Crippen molar-refractivity contribution in [3.05, 3.63) is 61.2 Å². The molecule has 2 aliphatic heterocycles. The first-order chi connectivity index (χ1) is 18.1. The molecule has 3 unspecified atom stereocenters. The highest BCUT2D eigenvalue weighted by molar-refractivity contribution is 7.49. The fraction of sp³-hybridized carbons (Fsp3) is 0.593. The molecule has 0 amide bonds. The van der Waals surface area contributed by atoms with Crippen LogP contribution in [0.15, 0.2) is 21.9 Å². The summed E-state index contributed by atoms with van der Waals surface area (Å²) >= 11 is 0. The Labute approximate surface area is 227 Å². The largest absolute Gasteiger partial charge is 0.530 e. The fourth-order valence-electron chi connectivity index (χ4n) is 4.37. The lowest BCUT2D eigenvalue weighted by Crippen LogP contribution is -2.34. The van der Waals surface area contributed by atoms with Gasteiger partial charge in [0, 0.05) is 11.8 Å². The molecule has 1 fully saturated rings. The Balaban J connectivity index is 0.00000205. The van der Waals surface area contributed by atoms with Gasteiger partial charge in [-0.25, -0.2) is 13.8 Å². The van der Waals surface area contributed by atoms with Crippen molar-refractivity contribution in [2.75, 3.05) is 6.61 Å². The Kier molecular flexibility index (Phi) is 9.12. The molecule has 0 bridgehead atoms. The summed E-state index contributed by atoms with van der Waals surface area (Å²) in [7, 11) is -4.10. The quantitative estimate of drug-likeness (QED) is 0.369. The van der Waals surface area contributed by atoms with Crippen molar-refractivity contribution >= 4 is 14.1 Å². The number of rotatable bonds is 5. The molecular formula is C27H38FN2O8P. The number of phosphoric ester groups is 1. The lowest BCUT2D eigenvalue weighted by molar-refractivity contribution is -0.0266. The fourth-order valence-corrected chi connectivity index (χ4v) is 5.61. The minimum absolute atomic E-state index is 0.166. The van der Waals surface area contributed by atoms with Crippen LogP contribution in [-0.2, 0) is 35.8 Å². The van der Waals surface area contributed by atoms with Crippen LogP contribution in [0.3, 0.4) is 0 Å². The minimum Gasteiger partial charge on any atom is -0.403 e. The third-order valence-electron chi connectivity index (χ3n) is 6.43. The van der Waals surface area contributed by atoms with E-state index in [2.05, 4.69) is 4.98 Å². The molecule has 1 aromatic carbocycles. The first-order valence-corrected chi connectivity index (χ1v) is 14.5. The summed E-state index contributed by atoms with van der Waals surface area (Å²) in [5.74, 6) is -0.288. The highest BCUT2D eigenvalue weighted by Gasteiger charge is 2.41. The maximum atomic E-state index is 15.4. The molecule has 216 valence electrons. The number of benzene rings is 1. The van der Waals surface area contributed by atoms with Gasteiger partial charge in [-0.2, -0.15) is 0 Å². The molecule has 1 N–H and O–H groups in total. The van der Waals surface area contributed by atoms with Crippen molar-refractivity contribution < 1.29 is 32.1 Å². The number of hydrogen-bond donors (Lipinski definition) is 1. The van der Waals surface area contributed by atoms with Gasteiger partial charge in [-0.1, -0.05) is 55.4 Å². The highest BCUT2D eigenvalue weighted by Crippen LogP contribution is 2.58. The van der Waals surface area contributed by atoms with E-state index in [-0.39, 0.29) is 30.1 Å². The average molecular weight is 569 g/mol. The zero-order chi connectivity index (χ0) is 29.3. The van der Waals surface area contributed by atoms with Gasteiger partial charge in [0.2, 0.25) is 0 Å². The summed E-state index contributed by atoms with van der Waals surface area (Å²) in [6, 6.07) is 1.75. The van der Waals surface area contributed by atoms with E-state index < -0.39 is 48.1 Å². The summed E-state index contributed by atoms with van der Waals surface area (Å²) in [6.07, 6.45) is 1.02. The van der Waals surface area contributed by atoms with E-state index in [1.807, 2.05) is 55.4 Å². The lowest BCUT2D eigenvalue weighted by Gasteiger charge is -2.33. The van der Waals surface area contributed by atoms with Crippen LogP contribution in [0, 0.1) is 5.82 Å². The van der Waals surface area contributed by atoms with Gasteiger partial charge in [0.05, 0.1) is 30.4 Å². The molecule has 3 atom stereocenters. The van der Waals surface area contributed by atoms with Gasteiger partial charge in [-0.05, 0) is 35.3 Å². The number of aromatic nitrogens is 2. The molecule has 4 rings (SSSR count). The van der Waals surface area contributed by atoms with Crippen LogP contribution in [0.1, 0.15) is 102 Å². The summed E-state index contributed by atoms with van der Waals surface area (Å²) < 4.78 is 52.5. The monoisotopic (exact) mass is 568 g/mol. The Morgan fingerprint density at radius 1 is 1.13 bits per heavy atom. The zero-order valence-corrected chi connectivity index (χ0v) is 24.6. The smallest absolute Gasteiger partial charge is 0.403 e. The number of hydrogen-bond acceptors (Lipinski definition) is 8. The number of H-pyrrole nitrogens is 1. The van der Waals surface area contributed by atoms with Gasteiger partial charge in [0.25, 0.3) is 5.56 Å². The molecule has 1 aromatic heterocycles. The molecule has 39 heavy (non-hydrogen) atoms. The van der Waals surface area contributed by atoms with E-state index in [0.29, 0.717) is 30.3 Å². The second kappa shape index (κ2) is 11.5. The number of carbonyl (C=O) groups excluding carboxylic acids is 1. The van der Waals surface area contributed by atoms with Crippen molar-refractivity contribution in [1.82, 2.24) is 9.55 Å². The topological polar surface area (TPSA) is 126 Å². The molecule has 0 radical (unpaired) electrons. The molecule has 3 heterocycles. The van der Waals surface area contributed by atoms with E-state index in [4.69, 9.17) is 18.3 Å². The van der Waals surface area contributed by atoms with Crippen molar-refractivity contribution in [2.24, 2.45) is 0 Å². The third kappa shape index (κ3) is 6.60. The van der Waals surface area contributed by atoms with E-state index in [1.54, 1.807) is 6.07 Å². The summed E-state index contributed by atoms with van der Waals surface area (Å²) in [5.41, 5.74) is -1.18. The summed E-state index contributed by atoms with van der Waals surface area (Å²) in [5, 5.41) is 0. The number of phosphoric acid groups is 1. The van der Waals surface area contributed by atoms with Gasteiger partial charge in [0.1, 0.15) is 17.8 Å². The average Bonchev–Trinajstić information content (AvgIpc) is 3.31. The van der Waals surface area contributed by atoms with Crippen molar-refractivity contribution in [3.63, 3.8) is 0 Å². The molecule has 1 saturated heterocycles. The number of carbonyl (C=O) groups is 1. The first kappa shape index (κ1) is 30.9. The highest BCUT2D eigenvalue weighted by atomic mass is 31.2. The Bertz CT molecular complexity index is 1390. The second-order valence-corrected chi connectivity index (χ2v) is 13.0. The van der Waals surface area contributed by atoms with Crippen LogP contribution in [0.2, 0.25) is 0 Å². The number of ether oxygens (including phenoxy) is 1. The predicted octanol–water partition coefficient (Wildman–Crippen LogP) is 5.52. The first-order valence-electron chi connectivity index (χ1n) is 13.0. The van der Waals surface area contributed by atoms with Crippen LogP contribution >= 0.6 is 7.82 Å². The number of halogens is 1. The van der Waals surface area contributed by atoms with Crippen molar-refractivity contribution in [3.8, 4) is 5.75 Å². The molecule has 0 spiro atoms. The zero-order valence-electron chi connectivity index (χ0n) is 23.8. The van der Waals surface area contributed by atoms with Crippen LogP contribution in [-0.4, -0.2) is 28.5 Å². The standard InChI is InChI=1S/C25H32FN2O8P.C2H6/c1-24(2,3)17-9-18(25(4,5)6)21-16(20(17)26)13-34-37(32,36-21)33-12-15-7-8-19(35-15)28-10-14(11-29)22(30)27-23(28)31;1-2/h9-11,15,19H,7-8,12-13H2,1-6H3,(H,27,30,31);1-2H3. The maximum absolute atomic E-state index is 15.4. The SMILES string of the molecule is CC.CC(C)(C)c1cc(C(C)(C)C)c2c(c1F)COP(=O)(OCC1CCC(n3cc(C=O)c(=O)[nH]c3=O)O1)O2. The molecular weight excluding hydrogens is 530 g/mol. The van der Waals surface area contributed by atoms with E-state index in [1.165, 1.54) is 0 Å². The predicted molar refractivity (Wildman–Crippen MR) is 144 cm³/mol. The van der Waals surface area contributed by atoms with Crippen LogP contribution in [0.4, 0.5) is 4.39 Å². The van der Waals surface area contributed by atoms with Gasteiger partial charge in [0.15, 0.2) is 6.29 Å². The van der Waals surface area contributed by atoms with E-state index in [9.17, 15) is 18.9 Å². The van der Waals surface area contributed by atoms with Gasteiger partial charge >= 0.3 is 13.5 Å². The number of fused-ring (bicyclic) bond motifs is 1. The van der Waals surface area contributed by atoms with Crippen LogP contribution in [0.25, 0.3) is 0 Å². The summed E-state index contributed by atoms with van der Waals surface area (Å²) in [6.45, 7) is 15.2. The Hall–Kier alpha value is -2.59. The van der Waals surface area contributed by atoms with E-state index >= 15 is 4.39 Å². The third-order valence-corrected chi connectivity index (χ3v) is 7.75. The second-order valence-electron chi connectivity index (χ2n) is 11.4.